The first-order valence-electron chi connectivity index (χ1n) is 11.8. The Labute approximate surface area is 179 Å². The van der Waals surface area contributed by atoms with Crippen LogP contribution in [0.3, 0.4) is 0 Å². The van der Waals surface area contributed by atoms with Gasteiger partial charge in [0.2, 0.25) is 0 Å². The number of aliphatic hydroxyl groups excluding tert-OH is 1. The second-order valence-corrected chi connectivity index (χ2v) is 10.7. The molecular formula is C25H35N3O2. The summed E-state index contributed by atoms with van der Waals surface area (Å²) in [7, 11) is 0. The van der Waals surface area contributed by atoms with Gasteiger partial charge in [0, 0.05) is 29.1 Å². The molecule has 4 aliphatic rings. The topological polar surface area (TPSA) is 74.2 Å². The van der Waals surface area contributed by atoms with E-state index in [9.17, 15) is 9.90 Å². The van der Waals surface area contributed by atoms with Crippen LogP contribution in [0.25, 0.3) is 0 Å². The number of nitrogens with one attached hydrogen (secondary N) is 2. The quantitative estimate of drug-likeness (QED) is 0.654. The summed E-state index contributed by atoms with van der Waals surface area (Å²) in [5, 5.41) is 10.2. The summed E-state index contributed by atoms with van der Waals surface area (Å²) in [6.07, 6.45) is 14.8. The Kier molecular flexibility index (Phi) is 4.92. The third kappa shape index (κ3) is 3.08. The smallest absolute Gasteiger partial charge is 0.269 e. The molecule has 1 amide bonds. The van der Waals surface area contributed by atoms with Crippen LogP contribution < -0.4 is 10.9 Å². The van der Waals surface area contributed by atoms with E-state index in [-0.39, 0.29) is 17.4 Å². The van der Waals surface area contributed by atoms with Crippen molar-refractivity contribution >= 4 is 5.91 Å². The number of hydrazine groups is 1. The lowest BCUT2D eigenvalue weighted by Crippen LogP contribution is -2.54. The fraction of sp³-hybridized carbons (Fsp3) is 0.680. The van der Waals surface area contributed by atoms with Crippen LogP contribution in [0, 0.1) is 34.5 Å². The predicted molar refractivity (Wildman–Crippen MR) is 116 cm³/mol. The lowest BCUT2D eigenvalue weighted by Gasteiger charge is -2.60. The lowest BCUT2D eigenvalue weighted by atomic mass is 9.45. The molecule has 0 bridgehead atoms. The first kappa shape index (κ1) is 20.0. The van der Waals surface area contributed by atoms with Gasteiger partial charge in [-0.3, -0.25) is 15.2 Å². The standard InChI is InChI=1S/C25H35N3O2/c1-24-11-7-18(29)15-17(24)3-4-19-20-5-6-22(25(20,2)12-8-21(19)24)27-28-23(30)16-9-13-26-14-10-16/h6,9-10,13-14,17-21,27,29H,3-5,7-8,11-12,15H2,1-2H3,(H,28,30)/t17-,18-,19-,20-,21+,24-,25+/m1/s1. The molecule has 0 spiro atoms. The molecule has 5 heteroatoms. The molecule has 0 aliphatic heterocycles. The van der Waals surface area contributed by atoms with Gasteiger partial charge in [0.05, 0.1) is 6.10 Å². The number of carbonyl (C=O) groups excluding carboxylic acids is 1. The Morgan fingerprint density at radius 1 is 1.10 bits per heavy atom. The van der Waals surface area contributed by atoms with Gasteiger partial charge in [-0.1, -0.05) is 19.9 Å². The van der Waals surface area contributed by atoms with Crippen LogP contribution in [0.5, 0.6) is 0 Å². The zero-order valence-corrected chi connectivity index (χ0v) is 18.2. The maximum absolute atomic E-state index is 12.5. The SMILES string of the molecule is C[C@@]12CC[C@@H](O)C[C@H]1CC[C@@H]1[C@H]3CC=C(NNC(=O)c4ccncc4)[C@@]3(C)CC[C@@H]12. The Balaban J connectivity index is 1.29. The lowest BCUT2D eigenvalue weighted by molar-refractivity contribution is -0.118. The molecule has 7 atom stereocenters. The number of nitrogens with zero attached hydrogens (tertiary/aromatic N) is 1. The number of fused-ring (bicyclic) bond motifs is 5. The highest BCUT2D eigenvalue weighted by Gasteiger charge is 2.58. The van der Waals surface area contributed by atoms with E-state index in [1.54, 1.807) is 24.5 Å². The highest BCUT2D eigenvalue weighted by molar-refractivity contribution is 5.93. The molecule has 4 aliphatic carbocycles. The van der Waals surface area contributed by atoms with Crippen molar-refractivity contribution in [1.29, 1.82) is 0 Å². The van der Waals surface area contributed by atoms with Crippen LogP contribution in [0.4, 0.5) is 0 Å². The fourth-order valence-electron chi connectivity index (χ4n) is 7.70. The Morgan fingerprint density at radius 2 is 1.90 bits per heavy atom. The van der Waals surface area contributed by atoms with Crippen LogP contribution >= 0.6 is 0 Å². The number of hydrogen-bond donors (Lipinski definition) is 3. The molecule has 1 aromatic rings. The third-order valence-corrected chi connectivity index (χ3v) is 9.47. The van der Waals surface area contributed by atoms with Crippen molar-refractivity contribution < 1.29 is 9.90 Å². The first-order chi connectivity index (χ1) is 14.4. The van der Waals surface area contributed by atoms with Gasteiger partial charge >= 0.3 is 0 Å². The van der Waals surface area contributed by atoms with Crippen molar-refractivity contribution in [3.05, 3.63) is 41.9 Å². The molecule has 0 radical (unpaired) electrons. The van der Waals surface area contributed by atoms with Crippen LogP contribution in [-0.2, 0) is 0 Å². The van der Waals surface area contributed by atoms with E-state index in [4.69, 9.17) is 0 Å². The summed E-state index contributed by atoms with van der Waals surface area (Å²) in [5.41, 5.74) is 8.54. The van der Waals surface area contributed by atoms with Gasteiger partial charge in [-0.25, -0.2) is 0 Å². The molecule has 0 unspecified atom stereocenters. The number of allylic oxidation sites excluding steroid dienone is 2. The van der Waals surface area contributed by atoms with Gasteiger partial charge < -0.3 is 10.5 Å². The maximum Gasteiger partial charge on any atom is 0.269 e. The molecule has 3 fully saturated rings. The van der Waals surface area contributed by atoms with Crippen LogP contribution in [0.2, 0.25) is 0 Å². The van der Waals surface area contributed by atoms with Crippen molar-refractivity contribution in [2.24, 2.45) is 34.5 Å². The number of rotatable bonds is 3. The van der Waals surface area contributed by atoms with Crippen LogP contribution in [-0.4, -0.2) is 22.1 Å². The molecule has 5 rings (SSSR count). The minimum atomic E-state index is -0.118. The van der Waals surface area contributed by atoms with Crippen LogP contribution in [0.1, 0.15) is 75.6 Å². The Hall–Kier alpha value is -1.88. The minimum absolute atomic E-state index is 0.0820. The fourth-order valence-corrected chi connectivity index (χ4v) is 7.70. The van der Waals surface area contributed by atoms with E-state index in [0.29, 0.717) is 22.8 Å². The third-order valence-electron chi connectivity index (χ3n) is 9.47. The highest BCUT2D eigenvalue weighted by atomic mass is 16.3. The molecule has 0 aromatic carbocycles. The zero-order chi connectivity index (χ0) is 20.9. The van der Waals surface area contributed by atoms with Crippen molar-refractivity contribution in [2.45, 2.75) is 71.3 Å². The number of aromatic nitrogens is 1. The van der Waals surface area contributed by atoms with Gasteiger partial charge in [0.15, 0.2) is 0 Å². The van der Waals surface area contributed by atoms with E-state index in [1.807, 2.05) is 0 Å². The summed E-state index contributed by atoms with van der Waals surface area (Å²) in [6, 6.07) is 3.46. The zero-order valence-electron chi connectivity index (χ0n) is 18.2. The average Bonchev–Trinajstić information content (AvgIpc) is 3.09. The molecule has 5 nitrogen and oxygen atoms in total. The molecule has 3 N–H and O–H groups in total. The van der Waals surface area contributed by atoms with Gasteiger partial charge in [0.25, 0.3) is 5.91 Å². The van der Waals surface area contributed by atoms with Gasteiger partial charge in [-0.15, -0.1) is 0 Å². The van der Waals surface area contributed by atoms with E-state index in [1.165, 1.54) is 37.8 Å². The molecule has 1 heterocycles. The predicted octanol–water partition coefficient (Wildman–Crippen LogP) is 4.21. The highest BCUT2D eigenvalue weighted by Crippen LogP contribution is 2.65. The summed E-state index contributed by atoms with van der Waals surface area (Å²) < 4.78 is 0. The second-order valence-electron chi connectivity index (χ2n) is 10.7. The molecule has 30 heavy (non-hydrogen) atoms. The summed E-state index contributed by atoms with van der Waals surface area (Å²) in [4.78, 5) is 16.5. The average molecular weight is 410 g/mol. The largest absolute Gasteiger partial charge is 0.393 e. The maximum atomic E-state index is 12.5. The number of carbonyl (C=O) groups is 1. The normalized spacial score (nSPS) is 42.4. The molecular weight excluding hydrogens is 374 g/mol. The number of hydrogen-bond acceptors (Lipinski definition) is 4. The van der Waals surface area contributed by atoms with Crippen LogP contribution in [0.15, 0.2) is 36.3 Å². The van der Waals surface area contributed by atoms with Crippen molar-refractivity contribution in [2.75, 3.05) is 0 Å². The van der Waals surface area contributed by atoms with Crippen molar-refractivity contribution in [1.82, 2.24) is 15.8 Å². The molecule has 3 saturated carbocycles. The summed E-state index contributed by atoms with van der Waals surface area (Å²) in [6.45, 7) is 4.93. The number of pyridine rings is 1. The number of amides is 1. The number of aliphatic hydroxyl groups is 1. The van der Waals surface area contributed by atoms with E-state index in [2.05, 4.69) is 35.8 Å². The van der Waals surface area contributed by atoms with Crippen molar-refractivity contribution in [3.63, 3.8) is 0 Å². The monoisotopic (exact) mass is 409 g/mol. The Morgan fingerprint density at radius 3 is 2.70 bits per heavy atom. The summed E-state index contributed by atoms with van der Waals surface area (Å²) >= 11 is 0. The summed E-state index contributed by atoms with van der Waals surface area (Å²) in [5.74, 6) is 2.76. The molecule has 0 saturated heterocycles. The van der Waals surface area contributed by atoms with Gasteiger partial charge in [-0.2, -0.15) is 0 Å². The van der Waals surface area contributed by atoms with Gasteiger partial charge in [-0.05, 0) is 92.6 Å². The molecule has 162 valence electrons. The first-order valence-corrected chi connectivity index (χ1v) is 11.8. The Bertz CT molecular complexity index is 840. The van der Waals surface area contributed by atoms with Crippen molar-refractivity contribution in [3.8, 4) is 0 Å². The van der Waals surface area contributed by atoms with E-state index < -0.39 is 0 Å². The van der Waals surface area contributed by atoms with E-state index in [0.717, 1.165) is 31.1 Å². The molecule has 1 aromatic heterocycles. The minimum Gasteiger partial charge on any atom is -0.393 e. The van der Waals surface area contributed by atoms with E-state index >= 15 is 0 Å². The second kappa shape index (κ2) is 7.37. The van der Waals surface area contributed by atoms with Gasteiger partial charge in [0.1, 0.15) is 0 Å².